The third-order valence-electron chi connectivity index (χ3n) is 4.58. The normalized spacial score (nSPS) is 11.1. The summed E-state index contributed by atoms with van der Waals surface area (Å²) in [6.07, 6.45) is 2.24. The van der Waals surface area contributed by atoms with E-state index in [1.807, 2.05) is 54.8 Å². The van der Waals surface area contributed by atoms with E-state index in [9.17, 15) is 14.9 Å². The maximum absolute atomic E-state index is 12.6. The van der Waals surface area contributed by atoms with Gasteiger partial charge in [-0.15, -0.1) is 0 Å². The van der Waals surface area contributed by atoms with Crippen molar-refractivity contribution in [2.24, 2.45) is 0 Å². The van der Waals surface area contributed by atoms with Crippen LogP contribution in [0.4, 0.5) is 0 Å². The second-order valence-electron chi connectivity index (χ2n) is 6.87. The molecule has 1 N–H and O–H groups in total. The van der Waals surface area contributed by atoms with E-state index in [1.54, 1.807) is 13.1 Å². The molecule has 7 heteroatoms. The van der Waals surface area contributed by atoms with E-state index in [1.165, 1.54) is 11.8 Å². The molecule has 0 aliphatic carbocycles. The molecule has 2 amide bonds. The van der Waals surface area contributed by atoms with Crippen molar-refractivity contribution in [1.29, 1.82) is 5.26 Å². The highest BCUT2D eigenvalue weighted by molar-refractivity contribution is 6.30. The number of halogens is 1. The van der Waals surface area contributed by atoms with E-state index in [0.717, 1.165) is 22.6 Å². The molecule has 0 saturated heterocycles. The topological polar surface area (TPSA) is 78.1 Å². The van der Waals surface area contributed by atoms with E-state index >= 15 is 0 Å². The summed E-state index contributed by atoms with van der Waals surface area (Å²) in [5.74, 6) is -0.450. The minimum absolute atomic E-state index is 0.0679. The van der Waals surface area contributed by atoms with Gasteiger partial charge in [0.15, 0.2) is 0 Å². The molecule has 0 unspecified atom stereocenters. The maximum atomic E-state index is 12.6. The van der Waals surface area contributed by atoms with Crippen molar-refractivity contribution in [1.82, 2.24) is 14.8 Å². The van der Waals surface area contributed by atoms with Crippen molar-refractivity contribution < 1.29 is 9.59 Å². The second-order valence-corrected chi connectivity index (χ2v) is 7.31. The summed E-state index contributed by atoms with van der Waals surface area (Å²) in [6.45, 7) is 6.29. The Kier molecular flexibility index (Phi) is 7.63. The zero-order chi connectivity index (χ0) is 21.6. The van der Waals surface area contributed by atoms with E-state index < -0.39 is 0 Å². The Hall–Kier alpha value is -3.04. The number of amides is 2. The molecule has 152 valence electrons. The molecule has 1 aromatic heterocycles. The van der Waals surface area contributed by atoms with Gasteiger partial charge < -0.3 is 14.8 Å². The van der Waals surface area contributed by atoms with Crippen LogP contribution in [0.25, 0.3) is 11.8 Å². The Morgan fingerprint density at radius 1 is 1.31 bits per heavy atom. The van der Waals surface area contributed by atoms with Crippen LogP contribution in [-0.2, 0) is 9.59 Å². The Balaban J connectivity index is 2.23. The summed E-state index contributed by atoms with van der Waals surface area (Å²) in [7, 11) is 1.65. The SMILES string of the molecule is CC(=O)NCCCN(C)C(=O)/C(C#N)=C/c1cc(C)n(-c2cccc(Cl)c2)c1C. The van der Waals surface area contributed by atoms with Crippen molar-refractivity contribution >= 4 is 29.5 Å². The van der Waals surface area contributed by atoms with Crippen LogP contribution in [0.1, 0.15) is 30.3 Å². The lowest BCUT2D eigenvalue weighted by atomic mass is 10.1. The number of carbonyl (C=O) groups excluding carboxylic acids is 2. The fourth-order valence-corrected chi connectivity index (χ4v) is 3.32. The molecule has 1 heterocycles. The molecule has 6 nitrogen and oxygen atoms in total. The Bertz CT molecular complexity index is 985. The fraction of sp³-hybridized carbons (Fsp3) is 0.318. The molecule has 0 saturated carbocycles. The average molecular weight is 413 g/mol. The summed E-state index contributed by atoms with van der Waals surface area (Å²) in [5.41, 5.74) is 3.69. The minimum Gasteiger partial charge on any atom is -0.356 e. The smallest absolute Gasteiger partial charge is 0.264 e. The second kappa shape index (κ2) is 9.94. The monoisotopic (exact) mass is 412 g/mol. The van der Waals surface area contributed by atoms with Crippen LogP contribution in [0.3, 0.4) is 0 Å². The van der Waals surface area contributed by atoms with Crippen molar-refractivity contribution in [2.75, 3.05) is 20.1 Å². The van der Waals surface area contributed by atoms with Crippen LogP contribution >= 0.6 is 11.6 Å². The third-order valence-corrected chi connectivity index (χ3v) is 4.81. The molecule has 0 aliphatic heterocycles. The van der Waals surface area contributed by atoms with Gasteiger partial charge in [-0.3, -0.25) is 9.59 Å². The van der Waals surface area contributed by atoms with Gasteiger partial charge in [0.25, 0.3) is 5.91 Å². The van der Waals surface area contributed by atoms with E-state index in [4.69, 9.17) is 11.6 Å². The Morgan fingerprint density at radius 2 is 2.03 bits per heavy atom. The molecule has 0 atom stereocenters. The number of rotatable bonds is 7. The number of benzene rings is 1. The highest BCUT2D eigenvalue weighted by atomic mass is 35.5. The van der Waals surface area contributed by atoms with Gasteiger partial charge in [-0.25, -0.2) is 0 Å². The third kappa shape index (κ3) is 5.72. The largest absolute Gasteiger partial charge is 0.356 e. The first-order chi connectivity index (χ1) is 13.7. The van der Waals surface area contributed by atoms with Crippen LogP contribution in [0.5, 0.6) is 0 Å². The standard InChI is InChI=1S/C22H25ClN4O2/c1-15-11-18(16(2)27(15)21-8-5-7-20(23)13-21)12-19(14-24)22(29)26(4)10-6-9-25-17(3)28/h5,7-8,11-13H,6,9-10H2,1-4H3,(H,25,28)/b19-12+. The molecular weight excluding hydrogens is 388 g/mol. The van der Waals surface area contributed by atoms with Gasteiger partial charge in [0.2, 0.25) is 5.91 Å². The summed E-state index contributed by atoms with van der Waals surface area (Å²) in [6, 6.07) is 11.5. The predicted molar refractivity (Wildman–Crippen MR) is 115 cm³/mol. The fourth-order valence-electron chi connectivity index (χ4n) is 3.13. The highest BCUT2D eigenvalue weighted by Gasteiger charge is 2.17. The van der Waals surface area contributed by atoms with Crippen molar-refractivity contribution in [3.63, 3.8) is 0 Å². The molecule has 2 aromatic rings. The minimum atomic E-state index is -0.345. The van der Waals surface area contributed by atoms with Gasteiger partial charge in [0.05, 0.1) is 0 Å². The number of nitriles is 1. The van der Waals surface area contributed by atoms with Gasteiger partial charge in [-0.2, -0.15) is 5.26 Å². The van der Waals surface area contributed by atoms with Crippen LogP contribution in [-0.4, -0.2) is 41.4 Å². The highest BCUT2D eigenvalue weighted by Crippen LogP contribution is 2.24. The van der Waals surface area contributed by atoms with Gasteiger partial charge in [0, 0.05) is 49.2 Å². The number of carbonyl (C=O) groups is 2. The number of nitrogens with zero attached hydrogens (tertiary/aromatic N) is 3. The summed E-state index contributed by atoms with van der Waals surface area (Å²) < 4.78 is 2.04. The molecule has 0 radical (unpaired) electrons. The first-order valence-electron chi connectivity index (χ1n) is 9.31. The number of nitrogens with one attached hydrogen (secondary N) is 1. The Labute approximate surface area is 176 Å². The average Bonchev–Trinajstić information content (AvgIpc) is 2.95. The molecular formula is C22H25ClN4O2. The first kappa shape index (κ1) is 22.3. The van der Waals surface area contributed by atoms with Crippen molar-refractivity contribution in [2.45, 2.75) is 27.2 Å². The van der Waals surface area contributed by atoms with E-state index in [0.29, 0.717) is 24.5 Å². The van der Waals surface area contributed by atoms with Gasteiger partial charge in [0.1, 0.15) is 11.6 Å². The van der Waals surface area contributed by atoms with Gasteiger partial charge in [-0.1, -0.05) is 17.7 Å². The van der Waals surface area contributed by atoms with E-state index in [2.05, 4.69) is 5.32 Å². The number of likely N-dealkylation sites (N-methyl/N-ethyl adjacent to an activating group) is 1. The molecule has 0 fully saturated rings. The zero-order valence-corrected chi connectivity index (χ0v) is 17.9. The quantitative estimate of drug-likeness (QED) is 0.428. The zero-order valence-electron chi connectivity index (χ0n) is 17.1. The molecule has 29 heavy (non-hydrogen) atoms. The van der Waals surface area contributed by atoms with Crippen LogP contribution in [0.2, 0.25) is 5.02 Å². The first-order valence-corrected chi connectivity index (χ1v) is 9.69. The number of aryl methyl sites for hydroxylation is 1. The maximum Gasteiger partial charge on any atom is 0.264 e. The molecule has 2 rings (SSSR count). The lowest BCUT2D eigenvalue weighted by Crippen LogP contribution is -2.31. The lowest BCUT2D eigenvalue weighted by Gasteiger charge is -2.16. The number of hydrogen-bond acceptors (Lipinski definition) is 3. The van der Waals surface area contributed by atoms with Crippen molar-refractivity contribution in [3.05, 3.63) is 57.9 Å². The van der Waals surface area contributed by atoms with Crippen LogP contribution < -0.4 is 5.32 Å². The summed E-state index contributed by atoms with van der Waals surface area (Å²) in [5, 5.41) is 12.9. The molecule has 1 aromatic carbocycles. The Morgan fingerprint density at radius 3 is 2.66 bits per heavy atom. The summed E-state index contributed by atoms with van der Waals surface area (Å²) >= 11 is 6.12. The van der Waals surface area contributed by atoms with E-state index in [-0.39, 0.29) is 17.4 Å². The number of aromatic nitrogens is 1. The summed E-state index contributed by atoms with van der Waals surface area (Å²) in [4.78, 5) is 25.1. The van der Waals surface area contributed by atoms with Crippen molar-refractivity contribution in [3.8, 4) is 11.8 Å². The molecule has 0 bridgehead atoms. The number of hydrogen-bond donors (Lipinski definition) is 1. The molecule has 0 spiro atoms. The van der Waals surface area contributed by atoms with Crippen LogP contribution in [0, 0.1) is 25.2 Å². The van der Waals surface area contributed by atoms with Gasteiger partial charge >= 0.3 is 0 Å². The van der Waals surface area contributed by atoms with Crippen LogP contribution in [0.15, 0.2) is 35.9 Å². The molecule has 0 aliphatic rings. The van der Waals surface area contributed by atoms with Gasteiger partial charge in [-0.05, 0) is 56.2 Å². The lowest BCUT2D eigenvalue weighted by molar-refractivity contribution is -0.125. The predicted octanol–water partition coefficient (Wildman–Crippen LogP) is 3.64.